The Balaban J connectivity index is 1.80. The molecule has 4 aromatic rings. The Hall–Kier alpha value is -3.87. The first-order chi connectivity index (χ1) is 14.1. The second kappa shape index (κ2) is 7.63. The fourth-order valence-electron chi connectivity index (χ4n) is 3.03. The Morgan fingerprint density at radius 2 is 1.69 bits per heavy atom. The molecule has 0 saturated carbocycles. The molecule has 0 radical (unpaired) electrons. The Kier molecular flexibility index (Phi) is 4.87. The number of hydrogen-bond acceptors (Lipinski definition) is 7. The summed E-state index contributed by atoms with van der Waals surface area (Å²) < 4.78 is 21.9. The standard InChI is InChI=1S/C22H18N2O5/c1-13-4-5-17(15(10-13)22(25)19-7-9-24-29-19)28-18-6-8-23-16-12-21(27-3)20(26-2)11-14(16)18/h4-12H,1-3H3. The number of carbonyl (C=O) groups excluding carboxylic acids is 1. The van der Waals surface area contributed by atoms with Gasteiger partial charge in [-0.2, -0.15) is 0 Å². The zero-order chi connectivity index (χ0) is 20.4. The molecule has 0 atom stereocenters. The summed E-state index contributed by atoms with van der Waals surface area (Å²) in [4.78, 5) is 17.2. The minimum Gasteiger partial charge on any atom is -0.493 e. The summed E-state index contributed by atoms with van der Waals surface area (Å²) in [7, 11) is 3.13. The third-order valence-corrected chi connectivity index (χ3v) is 4.47. The van der Waals surface area contributed by atoms with Crippen LogP contribution in [-0.4, -0.2) is 30.1 Å². The number of rotatable bonds is 6. The molecule has 0 N–H and O–H groups in total. The summed E-state index contributed by atoms with van der Waals surface area (Å²) >= 11 is 0. The number of carbonyl (C=O) groups is 1. The van der Waals surface area contributed by atoms with Crippen LogP contribution in [0.1, 0.15) is 21.7 Å². The van der Waals surface area contributed by atoms with Gasteiger partial charge in [-0.15, -0.1) is 0 Å². The molecule has 4 rings (SSSR count). The largest absolute Gasteiger partial charge is 0.493 e. The van der Waals surface area contributed by atoms with Gasteiger partial charge in [0, 0.05) is 23.7 Å². The van der Waals surface area contributed by atoms with Gasteiger partial charge in [0.05, 0.1) is 31.5 Å². The van der Waals surface area contributed by atoms with Crippen molar-refractivity contribution in [2.75, 3.05) is 14.2 Å². The van der Waals surface area contributed by atoms with E-state index in [2.05, 4.69) is 10.1 Å². The van der Waals surface area contributed by atoms with Crippen LogP contribution >= 0.6 is 0 Å². The van der Waals surface area contributed by atoms with Gasteiger partial charge < -0.3 is 18.7 Å². The first-order valence-electron chi connectivity index (χ1n) is 8.85. The maximum absolute atomic E-state index is 12.9. The average molecular weight is 390 g/mol. The van der Waals surface area contributed by atoms with Crippen LogP contribution in [-0.2, 0) is 0 Å². The fraction of sp³-hybridized carbons (Fsp3) is 0.136. The first kappa shape index (κ1) is 18.5. The molecule has 0 aliphatic rings. The maximum atomic E-state index is 12.9. The third kappa shape index (κ3) is 3.50. The van der Waals surface area contributed by atoms with Crippen molar-refractivity contribution in [3.63, 3.8) is 0 Å². The van der Waals surface area contributed by atoms with Gasteiger partial charge in [0.15, 0.2) is 11.5 Å². The summed E-state index contributed by atoms with van der Waals surface area (Å²) in [5, 5.41) is 4.34. The van der Waals surface area contributed by atoms with E-state index in [1.165, 1.54) is 12.3 Å². The third-order valence-electron chi connectivity index (χ3n) is 4.47. The number of hydrogen-bond donors (Lipinski definition) is 0. The molecule has 29 heavy (non-hydrogen) atoms. The first-order valence-corrected chi connectivity index (χ1v) is 8.85. The van der Waals surface area contributed by atoms with Crippen molar-refractivity contribution in [1.29, 1.82) is 0 Å². The van der Waals surface area contributed by atoms with E-state index in [9.17, 15) is 4.79 Å². The van der Waals surface area contributed by atoms with Gasteiger partial charge in [0.25, 0.3) is 0 Å². The van der Waals surface area contributed by atoms with E-state index in [1.54, 1.807) is 50.7 Å². The molecule has 0 unspecified atom stereocenters. The van der Waals surface area contributed by atoms with Gasteiger partial charge in [-0.1, -0.05) is 16.8 Å². The van der Waals surface area contributed by atoms with E-state index in [4.69, 9.17) is 18.7 Å². The van der Waals surface area contributed by atoms with Crippen LogP contribution in [0.2, 0.25) is 0 Å². The number of aromatic nitrogens is 2. The van der Waals surface area contributed by atoms with E-state index < -0.39 is 0 Å². The SMILES string of the molecule is COc1cc2nccc(Oc3ccc(C)cc3C(=O)c3ccno3)c2cc1OC. The van der Waals surface area contributed by atoms with Crippen molar-refractivity contribution >= 4 is 16.7 Å². The molecular formula is C22H18N2O5. The van der Waals surface area contributed by atoms with Crippen molar-refractivity contribution in [2.24, 2.45) is 0 Å². The number of pyridine rings is 1. The molecule has 7 heteroatoms. The molecule has 7 nitrogen and oxygen atoms in total. The van der Waals surface area contributed by atoms with Crippen LogP contribution in [0.25, 0.3) is 10.9 Å². The minimum absolute atomic E-state index is 0.145. The van der Waals surface area contributed by atoms with Crippen LogP contribution in [0.3, 0.4) is 0 Å². The highest BCUT2D eigenvalue weighted by Gasteiger charge is 2.20. The normalized spacial score (nSPS) is 10.7. The van der Waals surface area contributed by atoms with Crippen molar-refractivity contribution in [3.8, 4) is 23.0 Å². The minimum atomic E-state index is -0.307. The number of ketones is 1. The van der Waals surface area contributed by atoms with Gasteiger partial charge in [-0.25, -0.2) is 0 Å². The number of fused-ring (bicyclic) bond motifs is 1. The predicted molar refractivity (Wildman–Crippen MR) is 106 cm³/mol. The van der Waals surface area contributed by atoms with Crippen molar-refractivity contribution in [2.45, 2.75) is 6.92 Å². The summed E-state index contributed by atoms with van der Waals surface area (Å²) in [5.74, 6) is 1.90. The van der Waals surface area contributed by atoms with Crippen molar-refractivity contribution < 1.29 is 23.5 Å². The van der Waals surface area contributed by atoms with Crippen LogP contribution in [0.5, 0.6) is 23.0 Å². The molecular weight excluding hydrogens is 372 g/mol. The van der Waals surface area contributed by atoms with Gasteiger partial charge >= 0.3 is 0 Å². The molecule has 146 valence electrons. The van der Waals surface area contributed by atoms with Crippen molar-refractivity contribution in [1.82, 2.24) is 10.1 Å². The second-order valence-corrected chi connectivity index (χ2v) is 6.34. The Morgan fingerprint density at radius 1 is 0.897 bits per heavy atom. The van der Waals surface area contributed by atoms with Crippen LogP contribution in [0, 0.1) is 6.92 Å². The number of benzene rings is 2. The number of ether oxygens (including phenoxy) is 3. The van der Waals surface area contributed by atoms with Crippen LogP contribution < -0.4 is 14.2 Å². The Morgan fingerprint density at radius 3 is 2.41 bits per heavy atom. The molecule has 0 spiro atoms. The van der Waals surface area contributed by atoms with E-state index in [0.29, 0.717) is 34.1 Å². The molecule has 2 aromatic carbocycles. The molecule has 0 saturated heterocycles. The molecule has 0 fully saturated rings. The maximum Gasteiger partial charge on any atom is 0.234 e. The number of methoxy groups -OCH3 is 2. The summed E-state index contributed by atoms with van der Waals surface area (Å²) in [6, 6.07) is 12.2. The van der Waals surface area contributed by atoms with E-state index in [1.807, 2.05) is 13.0 Å². The van der Waals surface area contributed by atoms with E-state index >= 15 is 0 Å². The smallest absolute Gasteiger partial charge is 0.234 e. The molecule has 0 bridgehead atoms. The highest BCUT2D eigenvalue weighted by Crippen LogP contribution is 2.37. The lowest BCUT2D eigenvalue weighted by molar-refractivity contribution is 0.0998. The predicted octanol–water partition coefficient (Wildman–Crippen LogP) is 4.57. The van der Waals surface area contributed by atoms with Gasteiger partial charge in [-0.05, 0) is 31.2 Å². The van der Waals surface area contributed by atoms with Gasteiger partial charge in [0.2, 0.25) is 11.5 Å². The molecule has 2 aromatic heterocycles. The van der Waals surface area contributed by atoms with E-state index in [0.717, 1.165) is 10.9 Å². The summed E-state index contributed by atoms with van der Waals surface area (Å²) in [6.45, 7) is 1.90. The zero-order valence-electron chi connectivity index (χ0n) is 16.1. The summed E-state index contributed by atoms with van der Waals surface area (Å²) in [5.41, 5.74) is 1.98. The van der Waals surface area contributed by atoms with Gasteiger partial charge in [0.1, 0.15) is 11.5 Å². The van der Waals surface area contributed by atoms with Crippen LogP contribution in [0.15, 0.2) is 59.4 Å². The second-order valence-electron chi connectivity index (χ2n) is 6.34. The quantitative estimate of drug-likeness (QED) is 0.446. The highest BCUT2D eigenvalue weighted by molar-refractivity contribution is 6.09. The van der Waals surface area contributed by atoms with E-state index in [-0.39, 0.29) is 11.5 Å². The lowest BCUT2D eigenvalue weighted by Gasteiger charge is -2.14. The zero-order valence-corrected chi connectivity index (χ0v) is 16.1. The Labute approximate surface area is 166 Å². The molecule has 0 aliphatic carbocycles. The lowest BCUT2D eigenvalue weighted by Crippen LogP contribution is -2.03. The monoisotopic (exact) mass is 390 g/mol. The molecule has 0 amide bonds. The number of aryl methyl sites for hydroxylation is 1. The average Bonchev–Trinajstić information content (AvgIpc) is 3.28. The van der Waals surface area contributed by atoms with Gasteiger partial charge in [-0.3, -0.25) is 9.78 Å². The molecule has 2 heterocycles. The van der Waals surface area contributed by atoms with Crippen molar-refractivity contribution in [3.05, 3.63) is 71.7 Å². The highest BCUT2D eigenvalue weighted by atomic mass is 16.5. The topological polar surface area (TPSA) is 83.7 Å². The number of nitrogens with zero attached hydrogens (tertiary/aromatic N) is 2. The lowest BCUT2D eigenvalue weighted by atomic mass is 10.0. The Bertz CT molecular complexity index is 1190. The summed E-state index contributed by atoms with van der Waals surface area (Å²) in [6.07, 6.45) is 3.06. The van der Waals surface area contributed by atoms with Crippen LogP contribution in [0.4, 0.5) is 0 Å². The fourth-order valence-corrected chi connectivity index (χ4v) is 3.03. The molecule has 0 aliphatic heterocycles.